The van der Waals surface area contributed by atoms with Crippen LogP contribution in [-0.4, -0.2) is 48.5 Å². The van der Waals surface area contributed by atoms with Gasteiger partial charge in [-0.1, -0.05) is 127 Å². The number of unbranched alkanes of at least 4 members (excludes halogenated alkanes) is 14. The summed E-state index contributed by atoms with van der Waals surface area (Å²) in [5.74, 6) is 0.232. The summed E-state index contributed by atoms with van der Waals surface area (Å²) < 4.78 is 37.8. The molecule has 0 radical (unpaired) electrons. The molecule has 0 amide bonds. The van der Waals surface area contributed by atoms with Gasteiger partial charge in [0.1, 0.15) is 5.75 Å². The number of hydrogen-bond donors (Lipinski definition) is 1. The molecule has 0 aliphatic heterocycles. The van der Waals surface area contributed by atoms with E-state index in [1.807, 2.05) is 24.3 Å². The van der Waals surface area contributed by atoms with Crippen molar-refractivity contribution in [3.8, 4) is 5.75 Å². The molecule has 0 spiro atoms. The molecule has 0 aliphatic rings. The van der Waals surface area contributed by atoms with Gasteiger partial charge in [0.2, 0.25) is 0 Å². The zero-order valence-electron chi connectivity index (χ0n) is 25.0. The molecule has 7 nitrogen and oxygen atoms in total. The fourth-order valence-electron chi connectivity index (χ4n) is 5.06. The molecule has 0 heterocycles. The number of nitrogens with zero attached hydrogens (tertiary/aromatic N) is 2. The number of ether oxygens (including phenoxy) is 1. The van der Waals surface area contributed by atoms with Crippen molar-refractivity contribution in [2.75, 3.05) is 0 Å². The third-order valence-electron chi connectivity index (χ3n) is 7.46. The molecule has 3 rings (SSSR count). The predicted octanol–water partition coefficient (Wildman–Crippen LogP) is 10.0. The average Bonchev–Trinajstić information content (AvgIpc) is 2.98. The van der Waals surface area contributed by atoms with E-state index in [0.717, 1.165) is 30.0 Å². The summed E-state index contributed by atoms with van der Waals surface area (Å²) in [6.07, 6.45) is 19.6. The number of esters is 1. The first-order valence-corrected chi connectivity index (χ1v) is 17.0. The third kappa shape index (κ3) is 14.0. The maximum atomic E-state index is 12.6. The van der Waals surface area contributed by atoms with Crippen LogP contribution in [0.5, 0.6) is 5.75 Å². The summed E-state index contributed by atoms with van der Waals surface area (Å²) in [5.41, 5.74) is 0.832. The van der Waals surface area contributed by atoms with Gasteiger partial charge in [-0.15, -0.1) is 5.11 Å². The fraction of sp³-hybridized carbons (Fsp3) is 0.500. The van der Waals surface area contributed by atoms with Gasteiger partial charge in [0.25, 0.3) is 10.1 Å². The molecule has 0 aliphatic carbocycles. The van der Waals surface area contributed by atoms with Crippen molar-refractivity contribution in [2.45, 2.75) is 115 Å². The Morgan fingerprint density at radius 1 is 0.698 bits per heavy atom. The second kappa shape index (κ2) is 20.8. The van der Waals surface area contributed by atoms with E-state index in [2.05, 4.69) is 17.2 Å². The summed E-state index contributed by atoms with van der Waals surface area (Å²) in [5, 5.41) is 9.91. The van der Waals surface area contributed by atoms with E-state index in [4.69, 9.17) is 4.74 Å². The Hall–Kier alpha value is -2.10. The second-order valence-corrected chi connectivity index (χ2v) is 12.4. The standard InChI is InChI=1S/C34H46N2O5S.Na.H/c1-2-3-4-5-6-7-8-9-10-11-12-13-14-15-16-24-34(37)41-33-26-25-32(30-22-17-18-23-31(30)33)36-35-28-20-19-21-29(27-28)42(38,39)40;;/h17-23,25-27H,2-16,24H2,1H3,(H,38,39,40);;. The topological polar surface area (TPSA) is 105 Å². The van der Waals surface area contributed by atoms with Crippen LogP contribution in [-0.2, 0) is 14.9 Å². The Morgan fingerprint density at radius 3 is 1.84 bits per heavy atom. The monoisotopic (exact) mass is 618 g/mol. The molecule has 0 unspecified atom stereocenters. The summed E-state index contributed by atoms with van der Waals surface area (Å²) in [6.45, 7) is 2.26. The first kappa shape index (κ1) is 37.1. The van der Waals surface area contributed by atoms with Gasteiger partial charge in [-0.05, 0) is 36.8 Å². The Morgan fingerprint density at radius 2 is 1.26 bits per heavy atom. The van der Waals surface area contributed by atoms with Crippen molar-refractivity contribution < 1.29 is 22.5 Å². The number of azo groups is 1. The second-order valence-electron chi connectivity index (χ2n) is 11.0. The van der Waals surface area contributed by atoms with Crippen LogP contribution in [0.25, 0.3) is 10.8 Å². The number of benzene rings is 3. The average molecular weight is 619 g/mol. The molecule has 9 heteroatoms. The molecule has 230 valence electrons. The van der Waals surface area contributed by atoms with E-state index in [9.17, 15) is 17.8 Å². The Bertz CT molecular complexity index is 1390. The molecule has 3 aromatic carbocycles. The van der Waals surface area contributed by atoms with Crippen LogP contribution in [0.3, 0.4) is 0 Å². The predicted molar refractivity (Wildman–Crippen MR) is 177 cm³/mol. The van der Waals surface area contributed by atoms with Gasteiger partial charge in [0.15, 0.2) is 0 Å². The van der Waals surface area contributed by atoms with Gasteiger partial charge in [-0.3, -0.25) is 9.35 Å². The van der Waals surface area contributed by atoms with Gasteiger partial charge in [0, 0.05) is 17.2 Å². The Labute approximate surface area is 280 Å². The molecule has 0 atom stereocenters. The molecule has 3 aromatic rings. The van der Waals surface area contributed by atoms with E-state index < -0.39 is 10.1 Å². The summed E-state index contributed by atoms with van der Waals surface area (Å²) >= 11 is 0. The van der Waals surface area contributed by atoms with Crippen LogP contribution in [0.2, 0.25) is 0 Å². The Kier molecular flexibility index (Phi) is 17.9. The van der Waals surface area contributed by atoms with Crippen LogP contribution in [0.15, 0.2) is 75.8 Å². The molecule has 0 fully saturated rings. The minimum absolute atomic E-state index is 0. The fourth-order valence-corrected chi connectivity index (χ4v) is 5.58. The summed E-state index contributed by atoms with van der Waals surface area (Å²) in [6, 6.07) is 16.5. The molecule has 0 aromatic heterocycles. The van der Waals surface area contributed by atoms with Crippen molar-refractivity contribution in [3.63, 3.8) is 0 Å². The summed E-state index contributed by atoms with van der Waals surface area (Å²) in [4.78, 5) is 12.3. The van der Waals surface area contributed by atoms with E-state index in [1.165, 1.54) is 95.2 Å². The van der Waals surface area contributed by atoms with Crippen LogP contribution in [0.1, 0.15) is 110 Å². The van der Waals surface area contributed by atoms with Crippen molar-refractivity contribution in [3.05, 3.63) is 60.7 Å². The molecule has 0 bridgehead atoms. The van der Waals surface area contributed by atoms with Crippen LogP contribution < -0.4 is 4.74 Å². The van der Waals surface area contributed by atoms with Crippen molar-refractivity contribution >= 4 is 67.8 Å². The zero-order chi connectivity index (χ0) is 30.0. The van der Waals surface area contributed by atoms with Crippen molar-refractivity contribution in [1.29, 1.82) is 0 Å². The van der Waals surface area contributed by atoms with E-state index in [1.54, 1.807) is 18.2 Å². The Balaban J connectivity index is 0.00000645. The van der Waals surface area contributed by atoms with E-state index >= 15 is 0 Å². The van der Waals surface area contributed by atoms with Crippen molar-refractivity contribution in [1.82, 2.24) is 0 Å². The van der Waals surface area contributed by atoms with E-state index in [-0.39, 0.29) is 46.1 Å². The quantitative estimate of drug-likeness (QED) is 0.0339. The molecular formula is C34H47N2NaO5S. The summed E-state index contributed by atoms with van der Waals surface area (Å²) in [7, 11) is -4.33. The van der Waals surface area contributed by atoms with E-state index in [0.29, 0.717) is 17.9 Å². The van der Waals surface area contributed by atoms with Gasteiger partial charge in [-0.2, -0.15) is 13.5 Å². The molecule has 1 N–H and O–H groups in total. The number of hydrogen-bond acceptors (Lipinski definition) is 6. The van der Waals surface area contributed by atoms with Gasteiger partial charge in [0.05, 0.1) is 16.3 Å². The van der Waals surface area contributed by atoms with Crippen LogP contribution >= 0.6 is 0 Å². The maximum absolute atomic E-state index is 12.6. The van der Waals surface area contributed by atoms with Gasteiger partial charge < -0.3 is 4.74 Å². The SMILES string of the molecule is CCCCCCCCCCCCCCCCCC(=O)Oc1ccc(N=Nc2cccc(S(=O)(=O)O)c2)c2ccccc12.[NaH]. The number of rotatable bonds is 20. The minimum atomic E-state index is -4.33. The number of carbonyl (C=O) groups is 1. The molecule has 0 saturated heterocycles. The normalized spacial score (nSPS) is 11.6. The zero-order valence-corrected chi connectivity index (χ0v) is 25.8. The molecular weight excluding hydrogens is 571 g/mol. The third-order valence-corrected chi connectivity index (χ3v) is 8.31. The van der Waals surface area contributed by atoms with Crippen molar-refractivity contribution in [2.24, 2.45) is 10.2 Å². The number of fused-ring (bicyclic) bond motifs is 1. The van der Waals surface area contributed by atoms with Gasteiger partial charge in [-0.25, -0.2) is 0 Å². The first-order chi connectivity index (χ1) is 20.4. The molecule has 0 saturated carbocycles. The van der Waals surface area contributed by atoms with Crippen LogP contribution in [0.4, 0.5) is 11.4 Å². The molecule has 43 heavy (non-hydrogen) atoms. The van der Waals surface area contributed by atoms with Gasteiger partial charge >= 0.3 is 35.5 Å². The first-order valence-electron chi connectivity index (χ1n) is 15.6. The van der Waals surface area contributed by atoms with Crippen LogP contribution in [0, 0.1) is 0 Å². The number of carbonyl (C=O) groups excluding carboxylic acids is 1.